The zero-order valence-electron chi connectivity index (χ0n) is 22.3. The molecule has 6 rings (SSSR count). The fourth-order valence-electron chi connectivity index (χ4n) is 5.86. The van der Waals surface area contributed by atoms with Gasteiger partial charge in [-0.15, -0.1) is 0 Å². The lowest BCUT2D eigenvalue weighted by molar-refractivity contribution is -0.132. The van der Waals surface area contributed by atoms with Gasteiger partial charge >= 0.3 is 0 Å². The molecule has 0 radical (unpaired) electrons. The molecule has 1 aromatic heterocycles. The molecule has 3 aromatic rings. The molecule has 0 aliphatic carbocycles. The third-order valence-electron chi connectivity index (χ3n) is 8.11. The summed E-state index contributed by atoms with van der Waals surface area (Å²) in [7, 11) is 0. The van der Waals surface area contributed by atoms with Gasteiger partial charge in [-0.2, -0.15) is 0 Å². The van der Waals surface area contributed by atoms with E-state index >= 15 is 0 Å². The molecule has 9 nitrogen and oxygen atoms in total. The van der Waals surface area contributed by atoms with Crippen molar-refractivity contribution in [3.63, 3.8) is 0 Å². The number of halogens is 1. The van der Waals surface area contributed by atoms with Crippen molar-refractivity contribution in [3.8, 4) is 11.3 Å². The highest BCUT2D eigenvalue weighted by molar-refractivity contribution is 6.33. The summed E-state index contributed by atoms with van der Waals surface area (Å²) in [5.41, 5.74) is 11.3. The van der Waals surface area contributed by atoms with Crippen LogP contribution in [0.25, 0.3) is 11.3 Å². The quantitative estimate of drug-likeness (QED) is 0.474. The Morgan fingerprint density at radius 2 is 1.98 bits per heavy atom. The molecule has 4 heterocycles. The van der Waals surface area contributed by atoms with Crippen LogP contribution in [-0.2, 0) is 22.5 Å². The summed E-state index contributed by atoms with van der Waals surface area (Å²) in [6.07, 6.45) is 4.14. The summed E-state index contributed by atoms with van der Waals surface area (Å²) >= 11 is 6.49. The minimum atomic E-state index is -0.163. The van der Waals surface area contributed by atoms with E-state index in [0.717, 1.165) is 30.4 Å². The number of hydrogen-bond acceptors (Lipinski definition) is 7. The number of nitrogens with two attached hydrogens (primary N) is 1. The lowest BCUT2D eigenvalue weighted by atomic mass is 9.94. The molecule has 1 unspecified atom stereocenters. The van der Waals surface area contributed by atoms with Crippen LogP contribution in [0.5, 0.6) is 0 Å². The van der Waals surface area contributed by atoms with Gasteiger partial charge in [-0.25, -0.2) is 9.97 Å². The Morgan fingerprint density at radius 1 is 1.15 bits per heavy atom. The number of carbonyl (C=O) groups excluding carboxylic acids is 2. The summed E-state index contributed by atoms with van der Waals surface area (Å²) in [4.78, 5) is 39.3. The monoisotopic (exact) mass is 560 g/mol. The summed E-state index contributed by atoms with van der Waals surface area (Å²) < 4.78 is 5.43. The summed E-state index contributed by atoms with van der Waals surface area (Å²) in [6.45, 7) is 3.48. The summed E-state index contributed by atoms with van der Waals surface area (Å²) in [5, 5.41) is 3.78. The number of anilines is 1. The minimum Gasteiger partial charge on any atom is -0.381 e. The molecular weight excluding hydrogens is 528 g/mol. The Bertz CT molecular complexity index is 1430. The highest BCUT2D eigenvalue weighted by Crippen LogP contribution is 2.32. The number of ether oxygens (including phenoxy) is 1. The highest BCUT2D eigenvalue weighted by Gasteiger charge is 2.32. The van der Waals surface area contributed by atoms with Crippen molar-refractivity contribution < 1.29 is 14.3 Å². The summed E-state index contributed by atoms with van der Waals surface area (Å²) in [6, 6.07) is 14.2. The first kappa shape index (κ1) is 26.7. The molecule has 1 atom stereocenters. The average molecular weight is 561 g/mol. The number of carbonyl (C=O) groups is 2. The lowest BCUT2D eigenvalue weighted by Gasteiger charge is -2.26. The van der Waals surface area contributed by atoms with Gasteiger partial charge in [-0.3, -0.25) is 9.59 Å². The van der Waals surface area contributed by atoms with Crippen LogP contribution in [0, 0.1) is 0 Å². The smallest absolute Gasteiger partial charge is 0.254 e. The predicted octanol–water partition coefficient (Wildman–Crippen LogP) is 3.47. The van der Waals surface area contributed by atoms with Crippen molar-refractivity contribution in [1.82, 2.24) is 19.8 Å². The van der Waals surface area contributed by atoms with E-state index in [2.05, 4.69) is 27.4 Å². The van der Waals surface area contributed by atoms with Gasteiger partial charge in [-0.05, 0) is 42.0 Å². The molecule has 2 aromatic carbocycles. The number of hydrogen-bond donors (Lipinski definition) is 2. The molecule has 208 valence electrons. The number of benzene rings is 2. The first-order valence-electron chi connectivity index (χ1n) is 13.8. The maximum Gasteiger partial charge on any atom is 0.254 e. The van der Waals surface area contributed by atoms with Crippen LogP contribution < -0.4 is 11.1 Å². The van der Waals surface area contributed by atoms with Crippen molar-refractivity contribution in [1.29, 1.82) is 0 Å². The van der Waals surface area contributed by atoms with Gasteiger partial charge in [0.2, 0.25) is 11.9 Å². The number of amides is 2. The molecule has 0 saturated carbocycles. The topological polar surface area (TPSA) is 114 Å². The van der Waals surface area contributed by atoms with Crippen LogP contribution in [0.3, 0.4) is 0 Å². The highest BCUT2D eigenvalue weighted by atomic mass is 35.5. The van der Waals surface area contributed by atoms with Crippen LogP contribution in [0.4, 0.5) is 5.95 Å². The molecule has 0 spiro atoms. The largest absolute Gasteiger partial charge is 0.381 e. The fraction of sp³-hybridized carbons (Fsp3) is 0.400. The zero-order chi connectivity index (χ0) is 27.6. The SMILES string of the molecule is NCC1CN(C(=O)CN2Cc3ccc(-c4nc(NC5CCOCC5)ncc4Cl)cc3C2=O)CCc2ccccc21. The lowest BCUT2D eigenvalue weighted by Crippen LogP contribution is -2.43. The van der Waals surface area contributed by atoms with Gasteiger partial charge in [0, 0.05) is 62.5 Å². The normalized spacial score (nSPS) is 19.2. The third-order valence-corrected chi connectivity index (χ3v) is 8.39. The van der Waals surface area contributed by atoms with E-state index in [4.69, 9.17) is 22.1 Å². The second-order valence-electron chi connectivity index (χ2n) is 10.7. The van der Waals surface area contributed by atoms with Crippen LogP contribution in [0.15, 0.2) is 48.7 Å². The maximum absolute atomic E-state index is 13.4. The molecule has 3 N–H and O–H groups in total. The van der Waals surface area contributed by atoms with E-state index in [9.17, 15) is 9.59 Å². The summed E-state index contributed by atoms with van der Waals surface area (Å²) in [5.74, 6) is 0.362. The number of fused-ring (bicyclic) bond motifs is 2. The van der Waals surface area contributed by atoms with Crippen molar-refractivity contribution >= 4 is 29.4 Å². The Balaban J connectivity index is 1.15. The molecule has 0 bridgehead atoms. The number of nitrogens with zero attached hydrogens (tertiary/aromatic N) is 4. The van der Waals surface area contributed by atoms with E-state index in [1.807, 2.05) is 35.2 Å². The van der Waals surface area contributed by atoms with Crippen LogP contribution >= 0.6 is 11.6 Å². The van der Waals surface area contributed by atoms with Gasteiger partial charge < -0.3 is 25.6 Å². The van der Waals surface area contributed by atoms with Gasteiger partial charge in [0.15, 0.2) is 0 Å². The van der Waals surface area contributed by atoms with E-state index in [1.54, 1.807) is 11.1 Å². The second kappa shape index (κ2) is 11.5. The van der Waals surface area contributed by atoms with Gasteiger partial charge in [0.05, 0.1) is 16.9 Å². The van der Waals surface area contributed by atoms with Gasteiger partial charge in [0.25, 0.3) is 5.91 Å². The van der Waals surface area contributed by atoms with Gasteiger partial charge in [-0.1, -0.05) is 48.0 Å². The molecule has 1 fully saturated rings. The Labute approximate surface area is 238 Å². The molecule has 10 heteroatoms. The zero-order valence-corrected chi connectivity index (χ0v) is 23.1. The van der Waals surface area contributed by atoms with Crippen LogP contribution in [0.2, 0.25) is 5.02 Å². The molecule has 3 aliphatic rings. The average Bonchev–Trinajstić information content (AvgIpc) is 3.16. The molecular formula is C30H33ClN6O3. The molecule has 1 saturated heterocycles. The molecule has 2 amide bonds. The predicted molar refractivity (Wildman–Crippen MR) is 153 cm³/mol. The van der Waals surface area contributed by atoms with E-state index < -0.39 is 0 Å². The Hall–Kier alpha value is -3.53. The van der Waals surface area contributed by atoms with E-state index in [-0.39, 0.29) is 30.3 Å². The first-order chi connectivity index (χ1) is 19.5. The van der Waals surface area contributed by atoms with Crippen molar-refractivity contribution in [2.45, 2.75) is 37.8 Å². The Kier molecular flexibility index (Phi) is 7.69. The number of aromatic nitrogens is 2. The van der Waals surface area contributed by atoms with E-state index in [1.165, 1.54) is 11.1 Å². The van der Waals surface area contributed by atoms with Gasteiger partial charge in [0.1, 0.15) is 6.54 Å². The van der Waals surface area contributed by atoms with Crippen molar-refractivity contribution in [2.24, 2.45) is 5.73 Å². The fourth-order valence-corrected chi connectivity index (χ4v) is 6.06. The molecule has 40 heavy (non-hydrogen) atoms. The second-order valence-corrected chi connectivity index (χ2v) is 11.1. The Morgan fingerprint density at radius 3 is 2.80 bits per heavy atom. The maximum atomic E-state index is 13.4. The number of rotatable bonds is 6. The van der Waals surface area contributed by atoms with Crippen LogP contribution in [0.1, 0.15) is 45.8 Å². The third kappa shape index (κ3) is 5.41. The van der Waals surface area contributed by atoms with Crippen LogP contribution in [-0.4, -0.2) is 77.0 Å². The molecule has 3 aliphatic heterocycles. The van der Waals surface area contributed by atoms with Crippen molar-refractivity contribution in [2.75, 3.05) is 44.7 Å². The first-order valence-corrected chi connectivity index (χ1v) is 14.2. The van der Waals surface area contributed by atoms with Crippen molar-refractivity contribution in [3.05, 3.63) is 75.9 Å². The standard InChI is InChI=1S/C30H33ClN6O3/c31-26-15-33-30(34-23-8-11-40-12-9-23)35-28(26)20-5-6-21-16-37(29(39)25(21)13-20)18-27(38)36-10-7-19-3-1-2-4-24(19)22(14-32)17-36/h1-6,13,15,22-23H,7-12,14,16-18,32H2,(H,33,34,35). The minimum absolute atomic E-state index is 0.0317. The van der Waals surface area contributed by atoms with E-state index in [0.29, 0.717) is 61.6 Å². The number of nitrogens with one attached hydrogen (secondary N) is 1.